The molecule has 2 N–H and O–H groups in total. The summed E-state index contributed by atoms with van der Waals surface area (Å²) in [5.74, 6) is 2.20. The van der Waals surface area contributed by atoms with Crippen LogP contribution >= 0.6 is 0 Å². The molecule has 2 aromatic carbocycles. The normalized spacial score (nSPS) is 10.3. The number of hydrogen-bond acceptors (Lipinski definition) is 4. The van der Waals surface area contributed by atoms with Crippen LogP contribution in [-0.4, -0.2) is 14.2 Å². The van der Waals surface area contributed by atoms with Crippen molar-refractivity contribution in [3.63, 3.8) is 0 Å². The van der Waals surface area contributed by atoms with Crippen molar-refractivity contribution in [3.8, 4) is 17.2 Å². The second-order valence-corrected chi connectivity index (χ2v) is 4.95. The Hall–Kier alpha value is -2.36. The zero-order valence-corrected chi connectivity index (χ0v) is 12.9. The minimum absolute atomic E-state index is 0.448. The highest BCUT2D eigenvalue weighted by Gasteiger charge is 2.07. The van der Waals surface area contributed by atoms with Crippen LogP contribution in [0.2, 0.25) is 0 Å². The Labute approximate surface area is 125 Å². The Balaban J connectivity index is 2.15. The third-order valence-electron chi connectivity index (χ3n) is 3.41. The summed E-state index contributed by atoms with van der Waals surface area (Å²) in [6.45, 7) is 4.44. The number of rotatable bonds is 5. The van der Waals surface area contributed by atoms with E-state index in [9.17, 15) is 0 Å². The standard InChI is InChI=1S/C17H21NO3/c1-11-7-12(2)16(9-14(11)18)21-10-13-5-6-15(19-3)17(8-13)20-4/h5-9H,10,18H2,1-4H3. The summed E-state index contributed by atoms with van der Waals surface area (Å²) in [6.07, 6.45) is 0. The van der Waals surface area contributed by atoms with Crippen LogP contribution in [0.4, 0.5) is 5.69 Å². The molecule has 0 aliphatic heterocycles. The lowest BCUT2D eigenvalue weighted by atomic mass is 10.1. The zero-order chi connectivity index (χ0) is 15.4. The molecule has 0 radical (unpaired) electrons. The predicted molar refractivity (Wildman–Crippen MR) is 84.2 cm³/mol. The van der Waals surface area contributed by atoms with Gasteiger partial charge in [-0.1, -0.05) is 12.1 Å². The molecule has 0 unspecified atom stereocenters. The van der Waals surface area contributed by atoms with Gasteiger partial charge in [-0.2, -0.15) is 0 Å². The van der Waals surface area contributed by atoms with E-state index < -0.39 is 0 Å². The van der Waals surface area contributed by atoms with Crippen molar-refractivity contribution >= 4 is 5.69 Å². The molecule has 0 fully saturated rings. The van der Waals surface area contributed by atoms with E-state index in [0.29, 0.717) is 18.1 Å². The highest BCUT2D eigenvalue weighted by Crippen LogP contribution is 2.29. The summed E-state index contributed by atoms with van der Waals surface area (Å²) in [5, 5.41) is 0. The number of nitrogens with two attached hydrogens (primary N) is 1. The number of anilines is 1. The van der Waals surface area contributed by atoms with Gasteiger partial charge in [0.25, 0.3) is 0 Å². The summed E-state index contributed by atoms with van der Waals surface area (Å²) in [7, 11) is 3.24. The molecule has 2 rings (SSSR count). The van der Waals surface area contributed by atoms with Crippen LogP contribution in [0.3, 0.4) is 0 Å². The van der Waals surface area contributed by atoms with Gasteiger partial charge >= 0.3 is 0 Å². The van der Waals surface area contributed by atoms with E-state index in [1.165, 1.54) is 0 Å². The minimum Gasteiger partial charge on any atom is -0.493 e. The first kappa shape index (κ1) is 15.0. The molecule has 112 valence electrons. The molecule has 0 spiro atoms. The molecule has 0 bridgehead atoms. The first-order valence-corrected chi connectivity index (χ1v) is 6.75. The van der Waals surface area contributed by atoms with Crippen LogP contribution in [-0.2, 0) is 6.61 Å². The number of ether oxygens (including phenoxy) is 3. The van der Waals surface area contributed by atoms with E-state index in [4.69, 9.17) is 19.9 Å². The fourth-order valence-corrected chi connectivity index (χ4v) is 2.14. The van der Waals surface area contributed by atoms with Gasteiger partial charge in [-0.3, -0.25) is 0 Å². The third-order valence-corrected chi connectivity index (χ3v) is 3.41. The van der Waals surface area contributed by atoms with Crippen LogP contribution < -0.4 is 19.9 Å². The maximum atomic E-state index is 5.93. The van der Waals surface area contributed by atoms with E-state index in [1.54, 1.807) is 14.2 Å². The fraction of sp³-hybridized carbons (Fsp3) is 0.294. The monoisotopic (exact) mass is 287 g/mol. The lowest BCUT2D eigenvalue weighted by molar-refractivity contribution is 0.302. The molecule has 0 atom stereocenters. The van der Waals surface area contributed by atoms with E-state index in [1.807, 2.05) is 44.2 Å². The van der Waals surface area contributed by atoms with Gasteiger partial charge in [-0.25, -0.2) is 0 Å². The first-order chi connectivity index (χ1) is 10.0. The summed E-state index contributed by atoms with van der Waals surface area (Å²) in [4.78, 5) is 0. The highest BCUT2D eigenvalue weighted by atomic mass is 16.5. The van der Waals surface area contributed by atoms with Gasteiger partial charge in [-0.05, 0) is 42.7 Å². The smallest absolute Gasteiger partial charge is 0.161 e. The molecular weight excluding hydrogens is 266 g/mol. The van der Waals surface area contributed by atoms with Crippen LogP contribution in [0, 0.1) is 13.8 Å². The van der Waals surface area contributed by atoms with Crippen LogP contribution in [0.15, 0.2) is 30.3 Å². The SMILES string of the molecule is COc1ccc(COc2cc(N)c(C)cc2C)cc1OC. The molecule has 0 aromatic heterocycles. The maximum Gasteiger partial charge on any atom is 0.161 e. The average molecular weight is 287 g/mol. The van der Waals surface area contributed by atoms with Gasteiger partial charge in [-0.15, -0.1) is 0 Å². The Bertz CT molecular complexity index is 638. The van der Waals surface area contributed by atoms with Gasteiger partial charge in [0.05, 0.1) is 14.2 Å². The van der Waals surface area contributed by atoms with Gasteiger partial charge in [0.2, 0.25) is 0 Å². The molecule has 0 saturated carbocycles. The molecule has 21 heavy (non-hydrogen) atoms. The molecule has 4 heteroatoms. The second kappa shape index (κ2) is 6.39. The summed E-state index contributed by atoms with van der Waals surface area (Å²) >= 11 is 0. The number of hydrogen-bond donors (Lipinski definition) is 1. The molecule has 4 nitrogen and oxygen atoms in total. The summed E-state index contributed by atoms with van der Waals surface area (Å²) in [6, 6.07) is 9.62. The van der Waals surface area contributed by atoms with E-state index >= 15 is 0 Å². The summed E-state index contributed by atoms with van der Waals surface area (Å²) in [5.41, 5.74) is 9.80. The van der Waals surface area contributed by atoms with Crippen LogP contribution in [0.1, 0.15) is 16.7 Å². The zero-order valence-electron chi connectivity index (χ0n) is 12.9. The second-order valence-electron chi connectivity index (χ2n) is 4.95. The molecule has 0 saturated heterocycles. The first-order valence-electron chi connectivity index (χ1n) is 6.75. The number of nitrogen functional groups attached to an aromatic ring is 1. The largest absolute Gasteiger partial charge is 0.493 e. The number of aryl methyl sites for hydroxylation is 2. The lowest BCUT2D eigenvalue weighted by Gasteiger charge is -2.13. The molecule has 0 aliphatic rings. The molecule has 0 aliphatic carbocycles. The van der Waals surface area contributed by atoms with Gasteiger partial charge in [0, 0.05) is 11.8 Å². The van der Waals surface area contributed by atoms with Gasteiger partial charge in [0.15, 0.2) is 11.5 Å². The van der Waals surface area contributed by atoms with Crippen molar-refractivity contribution in [2.45, 2.75) is 20.5 Å². The van der Waals surface area contributed by atoms with Gasteiger partial charge in [0.1, 0.15) is 12.4 Å². The fourth-order valence-electron chi connectivity index (χ4n) is 2.14. The third kappa shape index (κ3) is 3.40. The van der Waals surface area contributed by atoms with Crippen molar-refractivity contribution in [3.05, 3.63) is 47.0 Å². The molecule has 0 amide bonds. The maximum absolute atomic E-state index is 5.93. The highest BCUT2D eigenvalue weighted by molar-refractivity contribution is 5.54. The van der Waals surface area contributed by atoms with Crippen molar-refractivity contribution in [1.29, 1.82) is 0 Å². The number of benzene rings is 2. The predicted octanol–water partition coefficient (Wildman–Crippen LogP) is 3.48. The van der Waals surface area contributed by atoms with Gasteiger partial charge < -0.3 is 19.9 Å². The quantitative estimate of drug-likeness (QED) is 0.855. The Morgan fingerprint density at radius 2 is 1.57 bits per heavy atom. The molecule has 2 aromatic rings. The molecular formula is C17H21NO3. The van der Waals surface area contributed by atoms with Crippen LogP contribution in [0.5, 0.6) is 17.2 Å². The Morgan fingerprint density at radius 1 is 0.857 bits per heavy atom. The topological polar surface area (TPSA) is 53.7 Å². The van der Waals surface area contributed by atoms with Crippen molar-refractivity contribution in [2.75, 3.05) is 20.0 Å². The molecule has 0 heterocycles. The Kier molecular flexibility index (Phi) is 4.58. The number of methoxy groups -OCH3 is 2. The van der Waals surface area contributed by atoms with E-state index in [-0.39, 0.29) is 0 Å². The van der Waals surface area contributed by atoms with Crippen molar-refractivity contribution < 1.29 is 14.2 Å². The minimum atomic E-state index is 0.448. The van der Waals surface area contributed by atoms with E-state index in [0.717, 1.165) is 28.1 Å². The van der Waals surface area contributed by atoms with E-state index in [2.05, 4.69) is 0 Å². The Morgan fingerprint density at radius 3 is 2.24 bits per heavy atom. The van der Waals surface area contributed by atoms with Crippen molar-refractivity contribution in [2.24, 2.45) is 0 Å². The van der Waals surface area contributed by atoms with Crippen molar-refractivity contribution in [1.82, 2.24) is 0 Å². The lowest BCUT2D eigenvalue weighted by Crippen LogP contribution is -2.00. The van der Waals surface area contributed by atoms with Crippen LogP contribution in [0.25, 0.3) is 0 Å². The average Bonchev–Trinajstić information content (AvgIpc) is 2.49. The summed E-state index contributed by atoms with van der Waals surface area (Å²) < 4.78 is 16.4.